The first kappa shape index (κ1) is 16.6. The van der Waals surface area contributed by atoms with Crippen molar-refractivity contribution in [3.8, 4) is 11.5 Å². The van der Waals surface area contributed by atoms with Crippen molar-refractivity contribution in [1.29, 1.82) is 0 Å². The van der Waals surface area contributed by atoms with E-state index < -0.39 is 6.09 Å². The molecule has 2 aromatic rings. The Labute approximate surface area is 144 Å². The number of benzene rings is 2. The summed E-state index contributed by atoms with van der Waals surface area (Å²) >= 11 is 0. The van der Waals surface area contributed by atoms with E-state index in [1.165, 1.54) is 0 Å². The summed E-state index contributed by atoms with van der Waals surface area (Å²) in [6, 6.07) is 14.5. The quantitative estimate of drug-likeness (QED) is 0.843. The molecular weight excluding hydrogens is 324 g/mol. The van der Waals surface area contributed by atoms with Crippen LogP contribution in [0, 0.1) is 0 Å². The molecule has 2 amide bonds. The zero-order chi connectivity index (χ0) is 17.5. The number of nitrogens with one attached hydrogen (secondary N) is 2. The Kier molecular flexibility index (Phi) is 5.36. The molecule has 0 aliphatic carbocycles. The van der Waals surface area contributed by atoms with Gasteiger partial charge in [-0.25, -0.2) is 4.79 Å². The van der Waals surface area contributed by atoms with Crippen molar-refractivity contribution >= 4 is 17.7 Å². The predicted molar refractivity (Wildman–Crippen MR) is 90.4 cm³/mol. The minimum atomic E-state index is -0.556. The normalized spacial score (nSPS) is 11.7. The fraction of sp³-hybridized carbons (Fsp3) is 0.222. The van der Waals surface area contributed by atoms with Gasteiger partial charge >= 0.3 is 6.09 Å². The zero-order valence-corrected chi connectivity index (χ0v) is 13.5. The van der Waals surface area contributed by atoms with E-state index in [1.807, 2.05) is 30.3 Å². The lowest BCUT2D eigenvalue weighted by Crippen LogP contribution is -2.28. The van der Waals surface area contributed by atoms with E-state index in [9.17, 15) is 9.59 Å². The first-order valence-electron chi connectivity index (χ1n) is 7.85. The maximum Gasteiger partial charge on any atom is 0.407 e. The van der Waals surface area contributed by atoms with Gasteiger partial charge in [-0.05, 0) is 17.7 Å². The van der Waals surface area contributed by atoms with Crippen LogP contribution < -0.4 is 20.1 Å². The summed E-state index contributed by atoms with van der Waals surface area (Å²) in [6.45, 7) is 0.557. The number of hydrogen-bond acceptors (Lipinski definition) is 5. The molecule has 3 rings (SSSR count). The lowest BCUT2D eigenvalue weighted by Gasteiger charge is -2.08. The molecule has 2 aromatic carbocycles. The van der Waals surface area contributed by atoms with Crippen LogP contribution in [0.15, 0.2) is 48.5 Å². The molecule has 7 heteroatoms. The monoisotopic (exact) mass is 342 g/mol. The average Bonchev–Trinajstić information content (AvgIpc) is 3.08. The van der Waals surface area contributed by atoms with E-state index in [0.29, 0.717) is 17.2 Å². The Hall–Kier alpha value is -3.22. The summed E-state index contributed by atoms with van der Waals surface area (Å²) in [5, 5.41) is 5.28. The molecule has 0 bridgehead atoms. The Bertz CT molecular complexity index is 748. The number of fused-ring (bicyclic) bond motifs is 1. The first-order valence-corrected chi connectivity index (χ1v) is 7.85. The Morgan fingerprint density at radius 1 is 1.04 bits per heavy atom. The smallest absolute Gasteiger partial charge is 0.407 e. The van der Waals surface area contributed by atoms with Crippen LogP contribution in [0.2, 0.25) is 0 Å². The summed E-state index contributed by atoms with van der Waals surface area (Å²) < 4.78 is 15.5. The maximum absolute atomic E-state index is 11.9. The van der Waals surface area contributed by atoms with E-state index in [-0.39, 0.29) is 32.3 Å². The van der Waals surface area contributed by atoms with Gasteiger partial charge in [0.1, 0.15) is 6.61 Å². The summed E-state index contributed by atoms with van der Waals surface area (Å²) in [5.41, 5.74) is 1.51. The molecular formula is C18H18N2O5. The van der Waals surface area contributed by atoms with E-state index in [2.05, 4.69) is 10.6 Å². The van der Waals surface area contributed by atoms with Crippen LogP contribution in [-0.4, -0.2) is 25.3 Å². The van der Waals surface area contributed by atoms with Gasteiger partial charge in [-0.1, -0.05) is 30.3 Å². The van der Waals surface area contributed by atoms with Gasteiger partial charge < -0.3 is 24.8 Å². The third kappa shape index (κ3) is 4.87. The third-order valence-electron chi connectivity index (χ3n) is 3.49. The lowest BCUT2D eigenvalue weighted by molar-refractivity contribution is -0.116. The molecule has 2 N–H and O–H groups in total. The van der Waals surface area contributed by atoms with Gasteiger partial charge in [0.25, 0.3) is 0 Å². The van der Waals surface area contributed by atoms with Gasteiger partial charge in [0.05, 0.1) is 0 Å². The van der Waals surface area contributed by atoms with E-state index in [1.54, 1.807) is 18.2 Å². The zero-order valence-electron chi connectivity index (χ0n) is 13.5. The molecule has 7 nitrogen and oxygen atoms in total. The number of amides is 2. The highest BCUT2D eigenvalue weighted by Crippen LogP contribution is 2.34. The molecule has 0 spiro atoms. The average molecular weight is 342 g/mol. The number of rotatable bonds is 6. The van der Waals surface area contributed by atoms with Crippen LogP contribution in [-0.2, 0) is 16.1 Å². The number of hydrogen-bond donors (Lipinski definition) is 2. The summed E-state index contributed by atoms with van der Waals surface area (Å²) in [7, 11) is 0. The Balaban J connectivity index is 1.35. The van der Waals surface area contributed by atoms with E-state index in [0.717, 1.165) is 5.56 Å². The van der Waals surface area contributed by atoms with Crippen LogP contribution >= 0.6 is 0 Å². The molecule has 130 valence electrons. The number of anilines is 1. The molecule has 0 saturated heterocycles. The van der Waals surface area contributed by atoms with Gasteiger partial charge in [0, 0.05) is 24.7 Å². The fourth-order valence-corrected chi connectivity index (χ4v) is 2.25. The van der Waals surface area contributed by atoms with Gasteiger partial charge in [0.15, 0.2) is 11.5 Å². The summed E-state index contributed by atoms with van der Waals surface area (Å²) in [4.78, 5) is 23.5. The number of carbonyl (C=O) groups excluding carboxylic acids is 2. The standard InChI is InChI=1S/C18H18N2O5/c21-17(20-14-6-7-15-16(10-14)25-12-24-15)8-9-19-18(22)23-11-13-4-2-1-3-5-13/h1-7,10H,8-9,11-12H2,(H,19,22)(H,20,21). The molecule has 1 heterocycles. The van der Waals surface area contributed by atoms with Crippen molar-refractivity contribution in [2.45, 2.75) is 13.0 Å². The summed E-state index contributed by atoms with van der Waals surface area (Å²) in [6.07, 6.45) is -0.422. The number of ether oxygens (including phenoxy) is 3. The number of carbonyl (C=O) groups is 2. The predicted octanol–water partition coefficient (Wildman–Crippen LogP) is 2.67. The molecule has 1 aliphatic rings. The van der Waals surface area contributed by atoms with Crippen molar-refractivity contribution in [3.63, 3.8) is 0 Å². The molecule has 0 atom stereocenters. The second-order valence-corrected chi connectivity index (χ2v) is 5.35. The SMILES string of the molecule is O=C(CCNC(=O)OCc1ccccc1)Nc1ccc2c(c1)OCO2. The van der Waals surface area contributed by atoms with E-state index >= 15 is 0 Å². The van der Waals surface area contributed by atoms with Crippen molar-refractivity contribution in [1.82, 2.24) is 5.32 Å². The highest BCUT2D eigenvalue weighted by Gasteiger charge is 2.14. The maximum atomic E-state index is 11.9. The van der Waals surface area contributed by atoms with Gasteiger partial charge in [0.2, 0.25) is 12.7 Å². The minimum absolute atomic E-state index is 0.134. The second kappa shape index (κ2) is 8.05. The van der Waals surface area contributed by atoms with Crippen LogP contribution in [0.5, 0.6) is 11.5 Å². The summed E-state index contributed by atoms with van der Waals surface area (Å²) in [5.74, 6) is 1.03. The first-order chi connectivity index (χ1) is 12.2. The molecule has 1 aliphatic heterocycles. The Morgan fingerprint density at radius 3 is 2.68 bits per heavy atom. The third-order valence-corrected chi connectivity index (χ3v) is 3.49. The largest absolute Gasteiger partial charge is 0.454 e. The molecule has 0 radical (unpaired) electrons. The molecule has 25 heavy (non-hydrogen) atoms. The van der Waals surface area contributed by atoms with Crippen molar-refractivity contribution in [2.24, 2.45) is 0 Å². The Morgan fingerprint density at radius 2 is 1.84 bits per heavy atom. The van der Waals surface area contributed by atoms with Gasteiger partial charge in [-0.15, -0.1) is 0 Å². The highest BCUT2D eigenvalue weighted by atomic mass is 16.7. The minimum Gasteiger partial charge on any atom is -0.454 e. The molecule has 0 saturated carbocycles. The van der Waals surface area contributed by atoms with Crippen LogP contribution in [0.3, 0.4) is 0 Å². The topological polar surface area (TPSA) is 85.9 Å². The van der Waals surface area contributed by atoms with Crippen LogP contribution in [0.25, 0.3) is 0 Å². The second-order valence-electron chi connectivity index (χ2n) is 5.35. The molecule has 0 aromatic heterocycles. The molecule has 0 fully saturated rings. The van der Waals surface area contributed by atoms with E-state index in [4.69, 9.17) is 14.2 Å². The van der Waals surface area contributed by atoms with Crippen LogP contribution in [0.4, 0.5) is 10.5 Å². The number of alkyl carbamates (subject to hydrolysis) is 1. The fourth-order valence-electron chi connectivity index (χ4n) is 2.25. The van der Waals surface area contributed by atoms with Crippen molar-refractivity contribution in [3.05, 3.63) is 54.1 Å². The lowest BCUT2D eigenvalue weighted by atomic mass is 10.2. The van der Waals surface area contributed by atoms with Crippen molar-refractivity contribution < 1.29 is 23.8 Å². The van der Waals surface area contributed by atoms with Crippen molar-refractivity contribution in [2.75, 3.05) is 18.7 Å². The molecule has 0 unspecified atom stereocenters. The van der Waals surface area contributed by atoms with Gasteiger partial charge in [-0.2, -0.15) is 0 Å². The van der Waals surface area contributed by atoms with Gasteiger partial charge in [-0.3, -0.25) is 4.79 Å². The highest BCUT2D eigenvalue weighted by molar-refractivity contribution is 5.91. The van der Waals surface area contributed by atoms with Crippen LogP contribution in [0.1, 0.15) is 12.0 Å².